The van der Waals surface area contributed by atoms with E-state index in [0.29, 0.717) is 17.0 Å². The van der Waals surface area contributed by atoms with E-state index in [0.717, 1.165) is 17.0 Å². The van der Waals surface area contributed by atoms with E-state index in [1.807, 2.05) is 6.07 Å². The smallest absolute Gasteiger partial charge is 0.335 e. The predicted molar refractivity (Wildman–Crippen MR) is 122 cm³/mol. The molecule has 1 heterocycles. The zero-order chi connectivity index (χ0) is 24.1. The molecule has 4 rings (SSSR count). The zero-order valence-electron chi connectivity index (χ0n) is 17.7. The largest absolute Gasteiger partial charge is 0.484 e. The van der Waals surface area contributed by atoms with Gasteiger partial charge in [-0.15, -0.1) is 0 Å². The van der Waals surface area contributed by atoms with Crippen LogP contribution < -0.4 is 20.3 Å². The van der Waals surface area contributed by atoms with Gasteiger partial charge < -0.3 is 10.1 Å². The van der Waals surface area contributed by atoms with Gasteiger partial charge in [-0.25, -0.2) is 14.1 Å². The highest BCUT2D eigenvalue weighted by Gasteiger charge is 2.36. The van der Waals surface area contributed by atoms with Crippen LogP contribution in [0.2, 0.25) is 0 Å². The number of carbonyl (C=O) groups is 4. The number of urea groups is 1. The molecule has 0 aromatic heterocycles. The number of imide groups is 2. The summed E-state index contributed by atoms with van der Waals surface area (Å²) in [6, 6.07) is 19.1. The molecule has 170 valence electrons. The fraction of sp³-hybridized carbons (Fsp3) is 0.0400. The third kappa shape index (κ3) is 5.16. The first kappa shape index (κ1) is 22.4. The van der Waals surface area contributed by atoms with Gasteiger partial charge >= 0.3 is 6.03 Å². The molecule has 0 aliphatic carbocycles. The lowest BCUT2D eigenvalue weighted by Gasteiger charge is -2.26. The van der Waals surface area contributed by atoms with Gasteiger partial charge in [0.25, 0.3) is 17.7 Å². The zero-order valence-corrected chi connectivity index (χ0v) is 17.7. The summed E-state index contributed by atoms with van der Waals surface area (Å²) in [5.74, 6) is -2.12. The van der Waals surface area contributed by atoms with E-state index in [9.17, 15) is 23.6 Å². The van der Waals surface area contributed by atoms with E-state index in [4.69, 9.17) is 4.74 Å². The highest BCUT2D eigenvalue weighted by atomic mass is 19.1. The Labute approximate surface area is 193 Å². The number of anilines is 2. The normalized spacial score (nSPS) is 14.7. The van der Waals surface area contributed by atoms with Crippen LogP contribution in [0.5, 0.6) is 5.75 Å². The first-order valence-electron chi connectivity index (χ1n) is 10.2. The second kappa shape index (κ2) is 9.78. The fourth-order valence-corrected chi connectivity index (χ4v) is 3.18. The number of rotatable bonds is 6. The molecule has 0 radical (unpaired) electrons. The van der Waals surface area contributed by atoms with Crippen molar-refractivity contribution in [1.29, 1.82) is 0 Å². The first-order valence-corrected chi connectivity index (χ1v) is 10.2. The van der Waals surface area contributed by atoms with Crippen molar-refractivity contribution in [3.8, 4) is 5.75 Å². The maximum Gasteiger partial charge on any atom is 0.335 e. The van der Waals surface area contributed by atoms with Crippen LogP contribution in [0.15, 0.2) is 84.4 Å². The average Bonchev–Trinajstić information content (AvgIpc) is 2.83. The summed E-state index contributed by atoms with van der Waals surface area (Å²) in [6.45, 7) is -0.203. The van der Waals surface area contributed by atoms with Gasteiger partial charge in [0.15, 0.2) is 6.61 Å². The summed E-state index contributed by atoms with van der Waals surface area (Å²) in [5, 5.41) is 4.81. The number of hydrogen-bond donors (Lipinski definition) is 2. The standard InChI is InChI=1S/C25H18FN3O5/c26-17-8-10-19(11-9-17)29-24(32)21(23(31)28-25(29)33)14-16-6-12-20(13-7-16)34-15-22(30)27-18-4-2-1-3-5-18/h1-14H,15H2,(H,27,30)(H,28,31,33)/b21-14+. The highest BCUT2D eigenvalue weighted by Crippen LogP contribution is 2.23. The number of nitrogens with one attached hydrogen (secondary N) is 2. The van der Waals surface area contributed by atoms with Crippen molar-refractivity contribution in [3.05, 3.63) is 95.8 Å². The maximum absolute atomic E-state index is 13.2. The van der Waals surface area contributed by atoms with Crippen molar-refractivity contribution < 1.29 is 28.3 Å². The van der Waals surface area contributed by atoms with Crippen LogP contribution in [0.1, 0.15) is 5.56 Å². The van der Waals surface area contributed by atoms with Crippen molar-refractivity contribution in [2.75, 3.05) is 16.8 Å². The summed E-state index contributed by atoms with van der Waals surface area (Å²) in [6.07, 6.45) is 1.33. The molecule has 5 amide bonds. The van der Waals surface area contributed by atoms with E-state index in [-0.39, 0.29) is 23.8 Å². The molecule has 3 aromatic rings. The van der Waals surface area contributed by atoms with E-state index in [1.54, 1.807) is 48.5 Å². The second-order valence-corrected chi connectivity index (χ2v) is 7.21. The topological polar surface area (TPSA) is 105 Å². The molecule has 0 saturated carbocycles. The van der Waals surface area contributed by atoms with E-state index < -0.39 is 23.7 Å². The van der Waals surface area contributed by atoms with Gasteiger partial charge in [-0.05, 0) is 60.2 Å². The van der Waals surface area contributed by atoms with Crippen molar-refractivity contribution >= 4 is 41.2 Å². The Bertz CT molecular complexity index is 1270. The minimum atomic E-state index is -0.920. The second-order valence-electron chi connectivity index (χ2n) is 7.21. The molecule has 1 aliphatic heterocycles. The van der Waals surface area contributed by atoms with Crippen molar-refractivity contribution in [3.63, 3.8) is 0 Å². The van der Waals surface area contributed by atoms with Gasteiger partial charge in [-0.2, -0.15) is 0 Å². The van der Waals surface area contributed by atoms with Gasteiger partial charge in [0.05, 0.1) is 5.69 Å². The maximum atomic E-state index is 13.2. The molecule has 1 aliphatic rings. The molecule has 0 atom stereocenters. The molecule has 1 fully saturated rings. The lowest BCUT2D eigenvalue weighted by molar-refractivity contribution is -0.122. The Balaban J connectivity index is 1.44. The van der Waals surface area contributed by atoms with Gasteiger partial charge in [-0.1, -0.05) is 30.3 Å². The van der Waals surface area contributed by atoms with E-state index in [1.165, 1.54) is 18.2 Å². The molecule has 34 heavy (non-hydrogen) atoms. The minimum Gasteiger partial charge on any atom is -0.484 e. The average molecular weight is 459 g/mol. The summed E-state index contributed by atoms with van der Waals surface area (Å²) >= 11 is 0. The molecule has 0 unspecified atom stereocenters. The van der Waals surface area contributed by atoms with Crippen LogP contribution >= 0.6 is 0 Å². The Morgan fingerprint density at radius 2 is 1.62 bits per heavy atom. The van der Waals surface area contributed by atoms with Crippen molar-refractivity contribution in [2.24, 2.45) is 0 Å². The van der Waals surface area contributed by atoms with Crippen LogP contribution in [0, 0.1) is 5.82 Å². The minimum absolute atomic E-state index is 0.125. The summed E-state index contributed by atoms with van der Waals surface area (Å²) in [4.78, 5) is 50.1. The number of amides is 5. The van der Waals surface area contributed by atoms with Gasteiger partial charge in [0.1, 0.15) is 17.1 Å². The Morgan fingerprint density at radius 3 is 2.29 bits per heavy atom. The summed E-state index contributed by atoms with van der Waals surface area (Å²) < 4.78 is 18.7. The first-order chi connectivity index (χ1) is 16.4. The molecule has 0 spiro atoms. The molecular weight excluding hydrogens is 441 g/mol. The van der Waals surface area contributed by atoms with Gasteiger partial charge in [0, 0.05) is 5.69 Å². The number of benzene rings is 3. The number of barbiturate groups is 1. The monoisotopic (exact) mass is 459 g/mol. The van der Waals surface area contributed by atoms with Crippen LogP contribution in [-0.4, -0.2) is 30.4 Å². The third-order valence-corrected chi connectivity index (χ3v) is 4.81. The molecule has 3 aromatic carbocycles. The third-order valence-electron chi connectivity index (χ3n) is 4.81. The molecule has 1 saturated heterocycles. The Hall–Kier alpha value is -4.79. The van der Waals surface area contributed by atoms with E-state index >= 15 is 0 Å². The number of para-hydroxylation sites is 1. The van der Waals surface area contributed by atoms with Crippen molar-refractivity contribution in [2.45, 2.75) is 0 Å². The van der Waals surface area contributed by atoms with Gasteiger partial charge in [-0.3, -0.25) is 19.7 Å². The molecule has 2 N–H and O–H groups in total. The summed E-state index contributed by atoms with van der Waals surface area (Å²) in [5.41, 5.74) is 1.01. The highest BCUT2D eigenvalue weighted by molar-refractivity contribution is 6.39. The quantitative estimate of drug-likeness (QED) is 0.434. The number of nitrogens with zero attached hydrogens (tertiary/aromatic N) is 1. The Morgan fingerprint density at radius 1 is 0.941 bits per heavy atom. The summed E-state index contributed by atoms with van der Waals surface area (Å²) in [7, 11) is 0. The van der Waals surface area contributed by atoms with Crippen LogP contribution in [0.25, 0.3) is 6.08 Å². The lowest BCUT2D eigenvalue weighted by atomic mass is 10.1. The number of halogens is 1. The number of carbonyl (C=O) groups excluding carboxylic acids is 4. The van der Waals surface area contributed by atoms with Crippen molar-refractivity contribution in [1.82, 2.24) is 5.32 Å². The SMILES string of the molecule is O=C(COc1ccc(/C=C2\C(=O)NC(=O)N(c3ccc(F)cc3)C2=O)cc1)Nc1ccccc1. The lowest BCUT2D eigenvalue weighted by Crippen LogP contribution is -2.54. The Kier molecular flexibility index (Phi) is 6.45. The van der Waals surface area contributed by atoms with Crippen LogP contribution in [0.3, 0.4) is 0 Å². The predicted octanol–water partition coefficient (Wildman–Crippen LogP) is 3.51. The molecule has 9 heteroatoms. The van der Waals surface area contributed by atoms with Crippen LogP contribution in [-0.2, 0) is 14.4 Å². The van der Waals surface area contributed by atoms with Crippen LogP contribution in [0.4, 0.5) is 20.6 Å². The van der Waals surface area contributed by atoms with E-state index in [2.05, 4.69) is 10.6 Å². The number of ether oxygens (including phenoxy) is 1. The fourth-order valence-electron chi connectivity index (χ4n) is 3.18. The molecule has 0 bridgehead atoms. The number of hydrogen-bond acceptors (Lipinski definition) is 5. The van der Waals surface area contributed by atoms with Gasteiger partial charge in [0.2, 0.25) is 0 Å². The molecule has 8 nitrogen and oxygen atoms in total. The molecular formula is C25H18FN3O5.